The molecule has 206 valence electrons. The lowest BCUT2D eigenvalue weighted by atomic mass is 9.58. The summed E-state index contributed by atoms with van der Waals surface area (Å²) in [6, 6.07) is 12.0. The molecule has 11 heteroatoms. The molecule has 4 aliphatic carbocycles. The number of halogens is 2. The molecule has 0 amide bonds. The molecule has 2 heterocycles. The molecular weight excluding hydrogens is 553 g/mol. The van der Waals surface area contributed by atoms with E-state index in [-0.39, 0.29) is 16.6 Å². The number of rotatable bonds is 8. The summed E-state index contributed by atoms with van der Waals surface area (Å²) < 4.78 is 14.3. The van der Waals surface area contributed by atoms with Crippen molar-refractivity contribution in [3.05, 3.63) is 75.4 Å². The van der Waals surface area contributed by atoms with Gasteiger partial charge in [0.25, 0.3) is 0 Å². The van der Waals surface area contributed by atoms with E-state index in [1.165, 1.54) is 0 Å². The predicted molar refractivity (Wildman–Crippen MR) is 147 cm³/mol. The molecule has 4 aliphatic rings. The number of aromatic carboxylic acids is 1. The number of benzene rings is 2. The standard InChI is InChI=1S/C29H27Cl2N5O4/c30-20-5-2-6-21(31)24(20)36-22(23(33-35-36)17-7-8-17)16-39-29-12-9-28(10-13-29,11-14-29)27-32-25(34-40-27)18-3-1-4-19(15-18)26(37)38/h1-6,15,17H,7-14,16H2,(H,37,38). The lowest BCUT2D eigenvalue weighted by Crippen LogP contribution is -2.49. The zero-order chi connectivity index (χ0) is 27.5. The summed E-state index contributed by atoms with van der Waals surface area (Å²) in [6.45, 7) is 0.387. The second-order valence-electron chi connectivity index (χ2n) is 11.2. The number of carboxylic acid groups (broad SMARTS) is 1. The fourth-order valence-corrected chi connectivity index (χ4v) is 6.81. The molecule has 4 saturated carbocycles. The van der Waals surface area contributed by atoms with Crippen LogP contribution in [0.5, 0.6) is 0 Å². The number of hydrogen-bond donors (Lipinski definition) is 1. The minimum absolute atomic E-state index is 0.186. The number of carbonyl (C=O) groups is 1. The molecule has 0 aliphatic heterocycles. The SMILES string of the molecule is O=C(O)c1cccc(-c2noc(C34CCC(OCc5c(C6CC6)nnn5-c5c(Cl)cccc5Cl)(CC3)CC4)n2)c1. The third kappa shape index (κ3) is 4.40. The summed E-state index contributed by atoms with van der Waals surface area (Å²) >= 11 is 13.1. The van der Waals surface area contributed by atoms with Crippen LogP contribution >= 0.6 is 23.2 Å². The van der Waals surface area contributed by atoms with Gasteiger partial charge in [-0.25, -0.2) is 9.48 Å². The molecule has 4 fully saturated rings. The Kier molecular flexibility index (Phi) is 6.21. The monoisotopic (exact) mass is 579 g/mol. The van der Waals surface area contributed by atoms with E-state index >= 15 is 0 Å². The zero-order valence-corrected chi connectivity index (χ0v) is 23.2. The third-order valence-corrected chi connectivity index (χ3v) is 9.46. The van der Waals surface area contributed by atoms with Crippen LogP contribution in [0.4, 0.5) is 0 Å². The molecule has 2 aromatic heterocycles. The Bertz CT molecular complexity index is 1570. The van der Waals surface area contributed by atoms with Crippen molar-refractivity contribution < 1.29 is 19.2 Å². The molecule has 9 nitrogen and oxygen atoms in total. The average molecular weight is 580 g/mol. The highest BCUT2D eigenvalue weighted by Crippen LogP contribution is 2.55. The molecule has 0 atom stereocenters. The van der Waals surface area contributed by atoms with Crippen LogP contribution in [0.2, 0.25) is 10.0 Å². The summed E-state index contributed by atoms with van der Waals surface area (Å²) in [6.07, 6.45) is 7.49. The van der Waals surface area contributed by atoms with Gasteiger partial charge < -0.3 is 14.4 Å². The van der Waals surface area contributed by atoms with Gasteiger partial charge in [0, 0.05) is 11.5 Å². The molecule has 8 rings (SSSR count). The van der Waals surface area contributed by atoms with E-state index in [1.807, 2.05) is 6.07 Å². The Morgan fingerprint density at radius 1 is 1.05 bits per heavy atom. The third-order valence-electron chi connectivity index (χ3n) is 8.85. The van der Waals surface area contributed by atoms with Gasteiger partial charge >= 0.3 is 5.97 Å². The van der Waals surface area contributed by atoms with Crippen molar-refractivity contribution in [1.82, 2.24) is 25.1 Å². The van der Waals surface area contributed by atoms with E-state index in [0.29, 0.717) is 45.5 Å². The second-order valence-corrected chi connectivity index (χ2v) is 12.1. The van der Waals surface area contributed by atoms with E-state index in [9.17, 15) is 9.90 Å². The second kappa shape index (κ2) is 9.68. The number of fused-ring (bicyclic) bond motifs is 3. The van der Waals surface area contributed by atoms with E-state index in [4.69, 9.17) is 37.4 Å². The molecule has 0 saturated heterocycles. The average Bonchev–Trinajstić information content (AvgIpc) is 3.53. The van der Waals surface area contributed by atoms with E-state index in [2.05, 4.69) is 15.5 Å². The molecule has 2 bridgehead atoms. The lowest BCUT2D eigenvalue weighted by molar-refractivity contribution is -0.131. The molecule has 4 aromatic rings. The Hall–Kier alpha value is -3.27. The van der Waals surface area contributed by atoms with Crippen LogP contribution in [-0.2, 0) is 16.8 Å². The number of ether oxygens (including phenoxy) is 1. The smallest absolute Gasteiger partial charge is 0.335 e. The van der Waals surface area contributed by atoms with Crippen LogP contribution in [-0.4, -0.2) is 41.8 Å². The van der Waals surface area contributed by atoms with Crippen LogP contribution in [0.1, 0.15) is 84.9 Å². The van der Waals surface area contributed by atoms with Crippen LogP contribution < -0.4 is 0 Å². The number of nitrogens with zero attached hydrogens (tertiary/aromatic N) is 5. The fourth-order valence-electron chi connectivity index (χ4n) is 6.25. The Morgan fingerprint density at radius 3 is 2.42 bits per heavy atom. The summed E-state index contributed by atoms with van der Waals surface area (Å²) in [5.41, 5.74) is 2.92. The zero-order valence-electron chi connectivity index (χ0n) is 21.6. The van der Waals surface area contributed by atoms with Gasteiger partial charge in [-0.1, -0.05) is 51.8 Å². The van der Waals surface area contributed by atoms with E-state index in [0.717, 1.165) is 62.8 Å². The van der Waals surface area contributed by atoms with Crippen LogP contribution in [0.3, 0.4) is 0 Å². The van der Waals surface area contributed by atoms with Gasteiger partial charge in [0.1, 0.15) is 5.69 Å². The van der Waals surface area contributed by atoms with Crippen LogP contribution in [0.15, 0.2) is 47.0 Å². The first-order valence-electron chi connectivity index (χ1n) is 13.6. The van der Waals surface area contributed by atoms with Gasteiger partial charge in [0.15, 0.2) is 0 Å². The van der Waals surface area contributed by atoms with Crippen molar-refractivity contribution >= 4 is 29.2 Å². The highest BCUT2D eigenvalue weighted by Gasteiger charge is 2.53. The van der Waals surface area contributed by atoms with Crippen LogP contribution in [0.25, 0.3) is 17.1 Å². The van der Waals surface area contributed by atoms with Gasteiger partial charge in [0.2, 0.25) is 11.7 Å². The number of carboxylic acids is 1. The van der Waals surface area contributed by atoms with Crippen molar-refractivity contribution in [2.24, 2.45) is 0 Å². The predicted octanol–water partition coefficient (Wildman–Crippen LogP) is 6.76. The van der Waals surface area contributed by atoms with E-state index in [1.54, 1.807) is 41.1 Å². The van der Waals surface area contributed by atoms with Crippen molar-refractivity contribution in [2.45, 2.75) is 74.9 Å². The minimum Gasteiger partial charge on any atom is -0.478 e. The van der Waals surface area contributed by atoms with Gasteiger partial charge in [-0.15, -0.1) is 5.10 Å². The van der Waals surface area contributed by atoms with Gasteiger partial charge in [-0.3, -0.25) is 0 Å². The molecule has 0 spiro atoms. The lowest BCUT2D eigenvalue weighted by Gasteiger charge is -2.51. The Labute approximate surface area is 240 Å². The van der Waals surface area contributed by atoms with E-state index < -0.39 is 5.97 Å². The molecule has 0 unspecified atom stereocenters. The van der Waals surface area contributed by atoms with Gasteiger partial charge in [0.05, 0.1) is 44.6 Å². The van der Waals surface area contributed by atoms with Crippen molar-refractivity contribution in [3.8, 4) is 17.1 Å². The molecule has 40 heavy (non-hydrogen) atoms. The summed E-state index contributed by atoms with van der Waals surface area (Å²) in [5, 5.41) is 23.5. The molecule has 2 aromatic carbocycles. The first kappa shape index (κ1) is 25.7. The van der Waals surface area contributed by atoms with Gasteiger partial charge in [-0.2, -0.15) is 4.98 Å². The highest BCUT2D eigenvalue weighted by atomic mass is 35.5. The van der Waals surface area contributed by atoms with Crippen molar-refractivity contribution in [3.63, 3.8) is 0 Å². The summed E-state index contributed by atoms with van der Waals surface area (Å²) in [4.78, 5) is 16.1. The maximum atomic E-state index is 11.4. The normalized spacial score (nSPS) is 23.9. The maximum absolute atomic E-state index is 11.4. The van der Waals surface area contributed by atoms with Gasteiger partial charge in [-0.05, 0) is 75.6 Å². The first-order chi connectivity index (χ1) is 19.4. The summed E-state index contributed by atoms with van der Waals surface area (Å²) in [7, 11) is 0. The molecular formula is C29H27Cl2N5O4. The van der Waals surface area contributed by atoms with Crippen LogP contribution in [0, 0.1) is 0 Å². The van der Waals surface area contributed by atoms with Crippen molar-refractivity contribution in [1.29, 1.82) is 0 Å². The fraction of sp³-hybridized carbons (Fsp3) is 0.414. The number of para-hydroxylation sites is 1. The largest absolute Gasteiger partial charge is 0.478 e. The number of aromatic nitrogens is 5. The maximum Gasteiger partial charge on any atom is 0.335 e. The Morgan fingerprint density at radius 2 is 1.75 bits per heavy atom. The first-order valence-corrected chi connectivity index (χ1v) is 14.3. The number of hydrogen-bond acceptors (Lipinski definition) is 7. The quantitative estimate of drug-likeness (QED) is 0.243. The highest BCUT2D eigenvalue weighted by molar-refractivity contribution is 6.37. The minimum atomic E-state index is -0.988. The summed E-state index contributed by atoms with van der Waals surface area (Å²) in [5.74, 6) is 0.457. The topological polar surface area (TPSA) is 116 Å². The molecule has 1 N–H and O–H groups in total. The van der Waals surface area contributed by atoms with Crippen molar-refractivity contribution in [2.75, 3.05) is 0 Å². The molecule has 0 radical (unpaired) electrons. The Balaban J connectivity index is 1.09.